The highest BCUT2D eigenvalue weighted by Crippen LogP contribution is 2.57. The van der Waals surface area contributed by atoms with E-state index in [1.807, 2.05) is 13.8 Å². The van der Waals surface area contributed by atoms with Crippen LogP contribution in [0.4, 0.5) is 0 Å². The largest absolute Gasteiger partial charge is 0.388 e. The van der Waals surface area contributed by atoms with Gasteiger partial charge in [0.05, 0.1) is 19.7 Å². The molecule has 1 fully saturated rings. The molecule has 0 heterocycles. The molecule has 1 aliphatic rings. The lowest BCUT2D eigenvalue weighted by atomic mass is 9.74. The van der Waals surface area contributed by atoms with Gasteiger partial charge in [-0.25, -0.2) is 0 Å². The summed E-state index contributed by atoms with van der Waals surface area (Å²) in [7, 11) is 5.29. The summed E-state index contributed by atoms with van der Waals surface area (Å²) in [6.07, 6.45) is 9.29. The van der Waals surface area contributed by atoms with Gasteiger partial charge in [0.2, 0.25) is 5.34 Å². The van der Waals surface area contributed by atoms with Gasteiger partial charge >= 0.3 is 0 Å². The highest BCUT2D eigenvalue weighted by Gasteiger charge is 2.54. The highest BCUT2D eigenvalue weighted by atomic mass is 31.2. The standard InChI is InChI=1S/C17H32BO3P2/c1-9-23(8,10-2)11-22(7)16(4,5)21-13-12(3)14(18)17(6,20)15(13)19/h13-15,19-20H,3,7-11H2,1-2,4-6H3/q+1. The quantitative estimate of drug-likeness (QED) is 0.418. The van der Waals surface area contributed by atoms with E-state index in [2.05, 4.69) is 33.0 Å². The molecule has 6 heteroatoms. The second-order valence-corrected chi connectivity index (χ2v) is 14.6. The Hall–Kier alpha value is 0.155. The third-order valence-electron chi connectivity index (χ3n) is 5.27. The molecular weight excluding hydrogens is 325 g/mol. The summed E-state index contributed by atoms with van der Waals surface area (Å²) in [6, 6.07) is 0. The van der Waals surface area contributed by atoms with Crippen LogP contribution in [0.5, 0.6) is 0 Å². The topological polar surface area (TPSA) is 49.7 Å². The van der Waals surface area contributed by atoms with Crippen LogP contribution in [-0.2, 0) is 4.74 Å². The summed E-state index contributed by atoms with van der Waals surface area (Å²) in [6.45, 7) is 12.6. The Balaban J connectivity index is 2.92. The second-order valence-electron chi connectivity index (χ2n) is 7.36. The van der Waals surface area contributed by atoms with Crippen LogP contribution in [0.2, 0.25) is 5.82 Å². The third-order valence-corrected chi connectivity index (χ3v) is 13.3. The fourth-order valence-corrected chi connectivity index (χ4v) is 9.30. The normalized spacial score (nSPS) is 33.1. The highest BCUT2D eigenvalue weighted by molar-refractivity contribution is 7.83. The van der Waals surface area contributed by atoms with E-state index < -0.39 is 43.4 Å². The first kappa shape index (κ1) is 21.2. The Morgan fingerprint density at radius 3 is 2.22 bits per heavy atom. The zero-order chi connectivity index (χ0) is 18.2. The Kier molecular flexibility index (Phi) is 6.62. The van der Waals surface area contributed by atoms with Crippen molar-refractivity contribution in [2.45, 2.75) is 63.6 Å². The molecule has 0 spiro atoms. The van der Waals surface area contributed by atoms with Crippen molar-refractivity contribution >= 4 is 34.9 Å². The molecule has 1 rings (SSSR count). The smallest absolute Gasteiger partial charge is 0.219 e. The number of ether oxygens (including phenoxy) is 1. The van der Waals surface area contributed by atoms with Gasteiger partial charge in [-0.1, -0.05) is 33.6 Å². The summed E-state index contributed by atoms with van der Waals surface area (Å²) in [5.41, 5.74) is -0.877. The summed E-state index contributed by atoms with van der Waals surface area (Å²) < 4.78 is 6.19. The maximum atomic E-state index is 10.4. The van der Waals surface area contributed by atoms with Gasteiger partial charge in [0.15, 0.2) is 0 Å². The molecule has 0 saturated heterocycles. The van der Waals surface area contributed by atoms with Crippen LogP contribution < -0.4 is 0 Å². The average molecular weight is 357 g/mol. The predicted molar refractivity (Wildman–Crippen MR) is 108 cm³/mol. The Bertz CT molecular complexity index is 520. The van der Waals surface area contributed by atoms with Crippen molar-refractivity contribution in [2.75, 3.05) is 18.2 Å². The monoisotopic (exact) mass is 357 g/mol. The summed E-state index contributed by atoms with van der Waals surface area (Å²) >= 11 is 0. The number of aliphatic hydroxyl groups is 2. The molecule has 130 valence electrons. The van der Waals surface area contributed by atoms with E-state index in [4.69, 9.17) is 12.6 Å². The molecule has 2 N–H and O–H groups in total. The van der Waals surface area contributed by atoms with Crippen LogP contribution >= 0.6 is 14.4 Å². The van der Waals surface area contributed by atoms with Crippen molar-refractivity contribution in [1.29, 1.82) is 0 Å². The van der Waals surface area contributed by atoms with Crippen molar-refractivity contribution < 1.29 is 14.9 Å². The molecule has 3 nitrogen and oxygen atoms in total. The predicted octanol–water partition coefficient (Wildman–Crippen LogP) is 3.11. The summed E-state index contributed by atoms with van der Waals surface area (Å²) in [5.74, 6) is 0.306. The molecule has 0 bridgehead atoms. The van der Waals surface area contributed by atoms with Gasteiger partial charge in [-0.2, -0.15) is 0 Å². The third kappa shape index (κ3) is 4.22. The molecule has 1 saturated carbocycles. The molecule has 1 aliphatic carbocycles. The summed E-state index contributed by atoms with van der Waals surface area (Å²) in [5, 5.41) is 20.2. The van der Waals surface area contributed by atoms with Crippen molar-refractivity contribution in [3.63, 3.8) is 0 Å². The molecule has 0 aromatic carbocycles. The first-order chi connectivity index (χ1) is 10.3. The molecular formula is C17H32BO3P2+. The van der Waals surface area contributed by atoms with Gasteiger partial charge in [-0.05, 0) is 30.6 Å². The minimum atomic E-state index is -1.42. The number of hydrogen-bond donors (Lipinski definition) is 2. The molecule has 5 atom stereocenters. The van der Waals surface area contributed by atoms with E-state index in [0.717, 1.165) is 18.2 Å². The molecule has 0 aromatic rings. The van der Waals surface area contributed by atoms with Crippen LogP contribution in [0.1, 0.15) is 34.6 Å². The lowest BCUT2D eigenvalue weighted by molar-refractivity contribution is -0.111. The van der Waals surface area contributed by atoms with Crippen molar-refractivity contribution in [3.05, 3.63) is 12.2 Å². The van der Waals surface area contributed by atoms with Gasteiger partial charge in [0, 0.05) is 13.8 Å². The Morgan fingerprint density at radius 2 is 1.87 bits per heavy atom. The number of hydrogen-bond acceptors (Lipinski definition) is 3. The zero-order valence-corrected chi connectivity index (χ0v) is 17.0. The molecule has 0 aromatic heterocycles. The minimum absolute atomic E-state index is 0.503. The average Bonchev–Trinajstić information content (AvgIpc) is 2.62. The van der Waals surface area contributed by atoms with Gasteiger partial charge < -0.3 is 14.9 Å². The van der Waals surface area contributed by atoms with Crippen molar-refractivity contribution in [1.82, 2.24) is 0 Å². The lowest BCUT2D eigenvalue weighted by Gasteiger charge is -2.30. The van der Waals surface area contributed by atoms with Crippen LogP contribution in [0.3, 0.4) is 0 Å². The van der Waals surface area contributed by atoms with Gasteiger partial charge in [0.1, 0.15) is 25.7 Å². The van der Waals surface area contributed by atoms with Crippen LogP contribution in [0, 0.1) is 0 Å². The van der Waals surface area contributed by atoms with E-state index in [0.29, 0.717) is 5.57 Å². The first-order valence-corrected chi connectivity index (χ1v) is 12.4. The summed E-state index contributed by atoms with van der Waals surface area (Å²) in [4.78, 5) is 0. The fourth-order valence-electron chi connectivity index (χ4n) is 2.73. The van der Waals surface area contributed by atoms with E-state index >= 15 is 0 Å². The number of rotatable bonds is 7. The van der Waals surface area contributed by atoms with Crippen molar-refractivity contribution in [2.24, 2.45) is 0 Å². The molecule has 23 heavy (non-hydrogen) atoms. The Labute approximate surface area is 144 Å². The van der Waals surface area contributed by atoms with E-state index in [9.17, 15) is 10.2 Å². The van der Waals surface area contributed by atoms with E-state index in [1.54, 1.807) is 0 Å². The van der Waals surface area contributed by atoms with Crippen LogP contribution in [0.25, 0.3) is 0 Å². The van der Waals surface area contributed by atoms with E-state index in [-0.39, 0.29) is 0 Å². The first-order valence-electron chi connectivity index (χ1n) is 8.13. The maximum Gasteiger partial charge on any atom is 0.219 e. The molecule has 2 radical (unpaired) electrons. The zero-order valence-electron chi connectivity index (χ0n) is 15.2. The fraction of sp³-hybridized carbons (Fsp3) is 0.765. The second kappa shape index (κ2) is 7.18. The van der Waals surface area contributed by atoms with Crippen LogP contribution in [-0.4, -0.2) is 72.0 Å². The molecule has 0 aliphatic heterocycles. The maximum absolute atomic E-state index is 10.4. The number of aliphatic hydroxyl groups excluding tert-OH is 1. The van der Waals surface area contributed by atoms with Crippen LogP contribution in [0.15, 0.2) is 12.2 Å². The van der Waals surface area contributed by atoms with Gasteiger partial charge in [0.25, 0.3) is 0 Å². The van der Waals surface area contributed by atoms with E-state index in [1.165, 1.54) is 6.92 Å². The molecule has 0 amide bonds. The van der Waals surface area contributed by atoms with Gasteiger partial charge in [-0.3, -0.25) is 0 Å². The Morgan fingerprint density at radius 1 is 1.39 bits per heavy atom. The lowest BCUT2D eigenvalue weighted by Crippen LogP contribution is -2.44. The molecule has 5 unspecified atom stereocenters. The van der Waals surface area contributed by atoms with Gasteiger partial charge in [-0.15, -0.1) is 0 Å². The SMILES string of the molecule is [B]C1C(=C)C(OC(C)(C)[P+](=C)CP(=C)(CC)CC)C(O)C1(C)O. The van der Waals surface area contributed by atoms with Crippen molar-refractivity contribution in [3.8, 4) is 0 Å². The minimum Gasteiger partial charge on any atom is -0.388 e.